The van der Waals surface area contributed by atoms with Gasteiger partial charge in [-0.2, -0.15) is 5.10 Å². The molecule has 5 heteroatoms. The molecule has 1 unspecified atom stereocenters. The molecule has 1 atom stereocenters. The lowest BCUT2D eigenvalue weighted by atomic mass is 10.1. The van der Waals surface area contributed by atoms with E-state index in [9.17, 15) is 4.79 Å². The van der Waals surface area contributed by atoms with Gasteiger partial charge in [0.1, 0.15) is 0 Å². The van der Waals surface area contributed by atoms with Gasteiger partial charge in [-0.05, 0) is 39.2 Å². The van der Waals surface area contributed by atoms with E-state index >= 15 is 0 Å². The Morgan fingerprint density at radius 3 is 2.91 bits per heavy atom. The van der Waals surface area contributed by atoms with E-state index in [4.69, 9.17) is 0 Å². The maximum Gasteiger partial charge on any atom is 0.254 e. The zero-order valence-corrected chi connectivity index (χ0v) is 13.4. The van der Waals surface area contributed by atoms with Gasteiger partial charge in [0.05, 0.1) is 18.3 Å². The summed E-state index contributed by atoms with van der Waals surface area (Å²) in [7, 11) is 4.09. The standard InChI is InChI=1S/C17H22N4O/c1-13-5-4-6-14(9-13)17(22)20-11-15-7-8-18-21(15)16(12-20)10-19(2)3/h4-9,16H,10-12H2,1-3H3. The van der Waals surface area contributed by atoms with Crippen LogP contribution >= 0.6 is 0 Å². The van der Waals surface area contributed by atoms with Gasteiger partial charge in [0.15, 0.2) is 0 Å². The highest BCUT2D eigenvalue weighted by molar-refractivity contribution is 5.94. The van der Waals surface area contributed by atoms with E-state index < -0.39 is 0 Å². The summed E-state index contributed by atoms with van der Waals surface area (Å²) in [4.78, 5) is 16.9. The van der Waals surface area contributed by atoms with Crippen molar-refractivity contribution in [3.63, 3.8) is 0 Å². The molecule has 0 bridgehead atoms. The Labute approximate surface area is 131 Å². The van der Waals surface area contributed by atoms with Gasteiger partial charge < -0.3 is 9.80 Å². The second kappa shape index (κ2) is 5.93. The van der Waals surface area contributed by atoms with E-state index in [1.54, 1.807) is 0 Å². The van der Waals surface area contributed by atoms with Crippen LogP contribution in [0.15, 0.2) is 36.5 Å². The molecule has 1 amide bonds. The van der Waals surface area contributed by atoms with Crippen molar-refractivity contribution in [1.82, 2.24) is 19.6 Å². The van der Waals surface area contributed by atoms with Gasteiger partial charge in [0.25, 0.3) is 5.91 Å². The molecule has 0 fully saturated rings. The molecule has 22 heavy (non-hydrogen) atoms. The minimum atomic E-state index is 0.0971. The van der Waals surface area contributed by atoms with Crippen LogP contribution in [0.3, 0.4) is 0 Å². The van der Waals surface area contributed by atoms with Crippen LogP contribution in [-0.4, -0.2) is 52.7 Å². The predicted molar refractivity (Wildman–Crippen MR) is 85.7 cm³/mol. The fourth-order valence-electron chi connectivity index (χ4n) is 3.06. The molecule has 1 aliphatic heterocycles. The summed E-state index contributed by atoms with van der Waals surface area (Å²) >= 11 is 0. The average molecular weight is 298 g/mol. The molecule has 1 aliphatic rings. The summed E-state index contributed by atoms with van der Waals surface area (Å²) in [5, 5.41) is 4.42. The molecule has 0 N–H and O–H groups in total. The quantitative estimate of drug-likeness (QED) is 0.870. The Hall–Kier alpha value is -2.14. The number of hydrogen-bond donors (Lipinski definition) is 0. The molecule has 0 saturated heterocycles. The number of carbonyl (C=O) groups is 1. The highest BCUT2D eigenvalue weighted by Gasteiger charge is 2.29. The summed E-state index contributed by atoms with van der Waals surface area (Å²) in [5.41, 5.74) is 2.97. The average Bonchev–Trinajstić information content (AvgIpc) is 2.94. The number of carbonyl (C=O) groups excluding carboxylic acids is 1. The van der Waals surface area contributed by atoms with Gasteiger partial charge in [-0.25, -0.2) is 0 Å². The van der Waals surface area contributed by atoms with E-state index in [0.29, 0.717) is 13.1 Å². The molecular weight excluding hydrogens is 276 g/mol. The van der Waals surface area contributed by atoms with Crippen LogP contribution in [0.1, 0.15) is 27.7 Å². The smallest absolute Gasteiger partial charge is 0.254 e. The van der Waals surface area contributed by atoms with Crippen molar-refractivity contribution < 1.29 is 4.79 Å². The van der Waals surface area contributed by atoms with Crippen molar-refractivity contribution in [3.8, 4) is 0 Å². The molecule has 2 heterocycles. The van der Waals surface area contributed by atoms with E-state index in [1.807, 2.05) is 62.4 Å². The number of likely N-dealkylation sites (N-methyl/N-ethyl adjacent to an activating group) is 1. The number of rotatable bonds is 3. The molecule has 0 spiro atoms. The second-order valence-corrected chi connectivity index (χ2v) is 6.24. The van der Waals surface area contributed by atoms with Crippen LogP contribution in [0, 0.1) is 6.92 Å². The molecule has 116 valence electrons. The first kappa shape index (κ1) is 14.8. The van der Waals surface area contributed by atoms with Crippen LogP contribution in [-0.2, 0) is 6.54 Å². The maximum atomic E-state index is 12.8. The molecule has 1 aromatic carbocycles. The van der Waals surface area contributed by atoms with Crippen LogP contribution in [0.25, 0.3) is 0 Å². The van der Waals surface area contributed by atoms with Crippen molar-refractivity contribution in [2.45, 2.75) is 19.5 Å². The van der Waals surface area contributed by atoms with Crippen molar-refractivity contribution >= 4 is 5.91 Å². The van der Waals surface area contributed by atoms with Crippen molar-refractivity contribution in [2.24, 2.45) is 0 Å². The third-order valence-electron chi connectivity index (χ3n) is 4.01. The Bertz CT molecular complexity index is 677. The van der Waals surface area contributed by atoms with Gasteiger partial charge in [0.2, 0.25) is 0 Å². The fourth-order valence-corrected chi connectivity index (χ4v) is 3.06. The zero-order chi connectivity index (χ0) is 15.7. The molecule has 3 rings (SSSR count). The Balaban J connectivity index is 1.85. The van der Waals surface area contributed by atoms with Gasteiger partial charge in [-0.15, -0.1) is 0 Å². The second-order valence-electron chi connectivity index (χ2n) is 6.24. The Morgan fingerprint density at radius 2 is 2.18 bits per heavy atom. The van der Waals surface area contributed by atoms with E-state index in [2.05, 4.69) is 14.7 Å². The van der Waals surface area contributed by atoms with Gasteiger partial charge in [-0.3, -0.25) is 9.48 Å². The van der Waals surface area contributed by atoms with Gasteiger partial charge in [0, 0.05) is 24.8 Å². The summed E-state index contributed by atoms with van der Waals surface area (Å²) in [5.74, 6) is 0.0971. The highest BCUT2D eigenvalue weighted by atomic mass is 16.2. The first-order chi connectivity index (χ1) is 10.5. The Kier molecular flexibility index (Phi) is 3.98. The summed E-state index contributed by atoms with van der Waals surface area (Å²) in [6, 6.07) is 9.99. The number of aromatic nitrogens is 2. The lowest BCUT2D eigenvalue weighted by Gasteiger charge is -2.35. The minimum Gasteiger partial charge on any atom is -0.331 e. The number of hydrogen-bond acceptors (Lipinski definition) is 3. The monoisotopic (exact) mass is 298 g/mol. The molecular formula is C17H22N4O. The zero-order valence-electron chi connectivity index (χ0n) is 13.4. The van der Waals surface area contributed by atoms with Crippen LogP contribution in [0.5, 0.6) is 0 Å². The predicted octanol–water partition coefficient (Wildman–Crippen LogP) is 1.95. The van der Waals surface area contributed by atoms with Crippen LogP contribution in [0.4, 0.5) is 0 Å². The summed E-state index contributed by atoms with van der Waals surface area (Å²) in [6.45, 7) is 4.19. The van der Waals surface area contributed by atoms with Crippen molar-refractivity contribution in [3.05, 3.63) is 53.3 Å². The van der Waals surface area contributed by atoms with Crippen molar-refractivity contribution in [1.29, 1.82) is 0 Å². The number of fused-ring (bicyclic) bond motifs is 1. The normalized spacial score (nSPS) is 17.6. The Morgan fingerprint density at radius 1 is 1.36 bits per heavy atom. The molecule has 5 nitrogen and oxygen atoms in total. The van der Waals surface area contributed by atoms with Crippen LogP contribution in [0.2, 0.25) is 0 Å². The van der Waals surface area contributed by atoms with E-state index in [-0.39, 0.29) is 11.9 Å². The van der Waals surface area contributed by atoms with Crippen LogP contribution < -0.4 is 0 Å². The first-order valence-corrected chi connectivity index (χ1v) is 7.57. The third kappa shape index (κ3) is 2.90. The number of amides is 1. The lowest BCUT2D eigenvalue weighted by Crippen LogP contribution is -2.44. The largest absolute Gasteiger partial charge is 0.331 e. The van der Waals surface area contributed by atoms with Gasteiger partial charge >= 0.3 is 0 Å². The first-order valence-electron chi connectivity index (χ1n) is 7.57. The number of benzene rings is 1. The molecule has 0 radical (unpaired) electrons. The lowest BCUT2D eigenvalue weighted by molar-refractivity contribution is 0.0652. The molecule has 1 aromatic heterocycles. The SMILES string of the molecule is Cc1cccc(C(=O)N2Cc3ccnn3C(CN(C)C)C2)c1. The highest BCUT2D eigenvalue weighted by Crippen LogP contribution is 2.22. The van der Waals surface area contributed by atoms with Gasteiger partial charge in [-0.1, -0.05) is 17.7 Å². The van der Waals surface area contributed by atoms with Crippen molar-refractivity contribution in [2.75, 3.05) is 27.2 Å². The molecule has 0 aliphatic carbocycles. The number of nitrogens with zero attached hydrogens (tertiary/aromatic N) is 4. The molecule has 0 saturated carbocycles. The van der Waals surface area contributed by atoms with E-state index in [0.717, 1.165) is 23.4 Å². The van der Waals surface area contributed by atoms with E-state index in [1.165, 1.54) is 0 Å². The molecule has 2 aromatic rings. The summed E-state index contributed by atoms with van der Waals surface area (Å²) < 4.78 is 2.06. The maximum absolute atomic E-state index is 12.8. The minimum absolute atomic E-state index is 0.0971. The number of aryl methyl sites for hydroxylation is 1. The fraction of sp³-hybridized carbons (Fsp3) is 0.412. The topological polar surface area (TPSA) is 41.4 Å². The summed E-state index contributed by atoms with van der Waals surface area (Å²) in [6.07, 6.45) is 1.82. The third-order valence-corrected chi connectivity index (χ3v) is 4.01.